The molecular formula is C20H19ClN4O2. The van der Waals surface area contributed by atoms with Gasteiger partial charge in [-0.05, 0) is 36.2 Å². The fraction of sp³-hybridized carbons (Fsp3) is 0.150. The van der Waals surface area contributed by atoms with E-state index in [2.05, 4.69) is 20.6 Å². The molecule has 0 unspecified atom stereocenters. The van der Waals surface area contributed by atoms with Crippen molar-refractivity contribution in [3.63, 3.8) is 0 Å². The number of aromatic nitrogens is 2. The van der Waals surface area contributed by atoms with Crippen molar-refractivity contribution >= 4 is 29.0 Å². The molecule has 3 rings (SSSR count). The molecule has 1 amide bonds. The Morgan fingerprint density at radius 3 is 2.78 bits per heavy atom. The van der Waals surface area contributed by atoms with Crippen LogP contribution in [0.3, 0.4) is 0 Å². The van der Waals surface area contributed by atoms with E-state index in [0.29, 0.717) is 29.5 Å². The predicted molar refractivity (Wildman–Crippen MR) is 106 cm³/mol. The van der Waals surface area contributed by atoms with Crippen LogP contribution in [0.5, 0.6) is 5.75 Å². The first-order valence-corrected chi connectivity index (χ1v) is 8.77. The maximum atomic E-state index is 12.3. The molecule has 3 aromatic rings. The molecule has 0 saturated carbocycles. The molecule has 7 heteroatoms. The van der Waals surface area contributed by atoms with Crippen LogP contribution in [0.4, 0.5) is 11.5 Å². The Hall–Kier alpha value is -3.12. The van der Waals surface area contributed by atoms with E-state index in [1.807, 2.05) is 48.5 Å². The normalized spacial score (nSPS) is 10.3. The van der Waals surface area contributed by atoms with Gasteiger partial charge in [0.25, 0.3) is 5.91 Å². The molecule has 0 aliphatic rings. The third-order valence-corrected chi connectivity index (χ3v) is 4.07. The van der Waals surface area contributed by atoms with Crippen molar-refractivity contribution in [3.05, 3.63) is 77.2 Å². The fourth-order valence-corrected chi connectivity index (χ4v) is 2.71. The van der Waals surface area contributed by atoms with Gasteiger partial charge in [-0.25, -0.2) is 9.97 Å². The van der Waals surface area contributed by atoms with Gasteiger partial charge in [0, 0.05) is 29.4 Å². The molecule has 0 aliphatic heterocycles. The first-order valence-electron chi connectivity index (χ1n) is 8.40. The van der Waals surface area contributed by atoms with E-state index in [9.17, 15) is 4.79 Å². The zero-order chi connectivity index (χ0) is 19.1. The molecule has 0 spiro atoms. The highest BCUT2D eigenvalue weighted by Gasteiger charge is 2.09. The Labute approximate surface area is 162 Å². The van der Waals surface area contributed by atoms with Crippen LogP contribution in [0.25, 0.3) is 0 Å². The topological polar surface area (TPSA) is 76.1 Å². The lowest BCUT2D eigenvalue weighted by atomic mass is 10.1. The number of benzene rings is 2. The predicted octanol–water partition coefficient (Wildman–Crippen LogP) is 3.85. The average Bonchev–Trinajstić information content (AvgIpc) is 2.68. The number of carbonyl (C=O) groups is 1. The summed E-state index contributed by atoms with van der Waals surface area (Å²) in [7, 11) is 1.61. The highest BCUT2D eigenvalue weighted by atomic mass is 35.5. The number of nitrogens with one attached hydrogen (secondary N) is 2. The number of anilines is 2. The molecule has 0 atom stereocenters. The van der Waals surface area contributed by atoms with E-state index >= 15 is 0 Å². The first kappa shape index (κ1) is 18.7. The molecule has 2 N–H and O–H groups in total. The van der Waals surface area contributed by atoms with E-state index in [1.54, 1.807) is 13.2 Å². The monoisotopic (exact) mass is 382 g/mol. The number of hydrogen-bond donors (Lipinski definition) is 2. The van der Waals surface area contributed by atoms with Crippen LogP contribution >= 0.6 is 11.6 Å². The van der Waals surface area contributed by atoms with Crippen LogP contribution in [-0.2, 0) is 6.42 Å². The molecule has 27 heavy (non-hydrogen) atoms. The quantitative estimate of drug-likeness (QED) is 0.649. The van der Waals surface area contributed by atoms with E-state index in [0.717, 1.165) is 17.0 Å². The van der Waals surface area contributed by atoms with E-state index in [-0.39, 0.29) is 5.91 Å². The van der Waals surface area contributed by atoms with Gasteiger partial charge in [0.15, 0.2) is 0 Å². The van der Waals surface area contributed by atoms with Gasteiger partial charge in [0.1, 0.15) is 23.6 Å². The lowest BCUT2D eigenvalue weighted by molar-refractivity contribution is 0.0949. The maximum Gasteiger partial charge on any atom is 0.270 e. The summed E-state index contributed by atoms with van der Waals surface area (Å²) in [6.45, 7) is 0.488. The van der Waals surface area contributed by atoms with Crippen molar-refractivity contribution in [1.82, 2.24) is 15.3 Å². The van der Waals surface area contributed by atoms with Crippen molar-refractivity contribution in [3.8, 4) is 5.75 Å². The summed E-state index contributed by atoms with van der Waals surface area (Å²) in [5.41, 5.74) is 2.16. The summed E-state index contributed by atoms with van der Waals surface area (Å²) >= 11 is 5.97. The molecule has 0 aliphatic carbocycles. The van der Waals surface area contributed by atoms with E-state index in [1.165, 1.54) is 6.33 Å². The molecule has 0 saturated heterocycles. The number of nitrogens with zero attached hydrogens (tertiary/aromatic N) is 2. The zero-order valence-corrected chi connectivity index (χ0v) is 15.5. The van der Waals surface area contributed by atoms with Gasteiger partial charge in [-0.15, -0.1) is 0 Å². The molecule has 138 valence electrons. The summed E-state index contributed by atoms with van der Waals surface area (Å²) in [5, 5.41) is 6.68. The third-order valence-electron chi connectivity index (χ3n) is 3.83. The van der Waals surface area contributed by atoms with Crippen molar-refractivity contribution in [2.24, 2.45) is 0 Å². The van der Waals surface area contributed by atoms with Gasteiger partial charge >= 0.3 is 0 Å². The van der Waals surface area contributed by atoms with Crippen LogP contribution in [-0.4, -0.2) is 29.5 Å². The number of ether oxygens (including phenoxy) is 1. The van der Waals surface area contributed by atoms with Crippen LogP contribution < -0.4 is 15.4 Å². The zero-order valence-electron chi connectivity index (χ0n) is 14.8. The van der Waals surface area contributed by atoms with Crippen molar-refractivity contribution in [2.75, 3.05) is 19.0 Å². The van der Waals surface area contributed by atoms with Gasteiger partial charge in [-0.3, -0.25) is 4.79 Å². The number of hydrogen-bond acceptors (Lipinski definition) is 5. The van der Waals surface area contributed by atoms with Gasteiger partial charge in [0.2, 0.25) is 0 Å². The summed E-state index contributed by atoms with van der Waals surface area (Å²) in [6.07, 6.45) is 2.04. The van der Waals surface area contributed by atoms with Crippen molar-refractivity contribution in [2.45, 2.75) is 6.42 Å². The largest absolute Gasteiger partial charge is 0.497 e. The molecule has 6 nitrogen and oxygen atoms in total. The maximum absolute atomic E-state index is 12.3. The van der Waals surface area contributed by atoms with Gasteiger partial charge in [-0.2, -0.15) is 0 Å². The summed E-state index contributed by atoms with van der Waals surface area (Å²) in [6, 6.07) is 16.6. The Morgan fingerprint density at radius 2 is 1.96 bits per heavy atom. The van der Waals surface area contributed by atoms with Crippen LogP contribution in [0.1, 0.15) is 16.1 Å². The number of halogens is 1. The molecule has 1 aromatic heterocycles. The smallest absolute Gasteiger partial charge is 0.270 e. The number of methoxy groups -OCH3 is 1. The lowest BCUT2D eigenvalue weighted by Gasteiger charge is -2.09. The minimum Gasteiger partial charge on any atom is -0.497 e. The second-order valence-corrected chi connectivity index (χ2v) is 6.22. The minimum absolute atomic E-state index is 0.256. The molecular weight excluding hydrogens is 364 g/mol. The Bertz CT molecular complexity index is 933. The molecule has 2 aromatic carbocycles. The van der Waals surface area contributed by atoms with Crippen LogP contribution in [0.15, 0.2) is 60.9 Å². The van der Waals surface area contributed by atoms with E-state index in [4.69, 9.17) is 16.3 Å². The first-order chi connectivity index (χ1) is 13.1. The molecule has 1 heterocycles. The highest BCUT2D eigenvalue weighted by molar-refractivity contribution is 6.30. The fourth-order valence-electron chi connectivity index (χ4n) is 2.50. The highest BCUT2D eigenvalue weighted by Crippen LogP contribution is 2.20. The second kappa shape index (κ2) is 9.00. The third kappa shape index (κ3) is 5.43. The molecule has 0 fully saturated rings. The minimum atomic E-state index is -0.256. The number of rotatable bonds is 7. The van der Waals surface area contributed by atoms with Crippen LogP contribution in [0.2, 0.25) is 5.02 Å². The Kier molecular flexibility index (Phi) is 6.22. The number of carbonyl (C=O) groups excluding carboxylic acids is 1. The van der Waals surface area contributed by atoms with Crippen molar-refractivity contribution < 1.29 is 9.53 Å². The standard InChI is InChI=1S/C20H19ClN4O2/c1-27-17-7-3-6-16(11-17)25-19-12-18(23-13-24-19)20(26)22-9-8-14-4-2-5-15(21)10-14/h2-7,10-13H,8-9H2,1H3,(H,22,26)(H,23,24,25). The summed E-state index contributed by atoms with van der Waals surface area (Å²) < 4.78 is 5.20. The van der Waals surface area contributed by atoms with Crippen molar-refractivity contribution in [1.29, 1.82) is 0 Å². The van der Waals surface area contributed by atoms with Gasteiger partial charge in [-0.1, -0.05) is 29.8 Å². The second-order valence-electron chi connectivity index (χ2n) is 5.78. The molecule has 0 bridgehead atoms. The molecule has 0 radical (unpaired) electrons. The Balaban J connectivity index is 1.59. The Morgan fingerprint density at radius 1 is 1.11 bits per heavy atom. The summed E-state index contributed by atoms with van der Waals surface area (Å²) in [5.74, 6) is 0.999. The SMILES string of the molecule is COc1cccc(Nc2cc(C(=O)NCCc3cccc(Cl)c3)ncn2)c1. The number of amides is 1. The van der Waals surface area contributed by atoms with Gasteiger partial charge < -0.3 is 15.4 Å². The van der Waals surface area contributed by atoms with Gasteiger partial charge in [0.05, 0.1) is 7.11 Å². The lowest BCUT2D eigenvalue weighted by Crippen LogP contribution is -2.26. The van der Waals surface area contributed by atoms with Crippen LogP contribution in [0, 0.1) is 0 Å². The van der Waals surface area contributed by atoms with E-state index < -0.39 is 0 Å². The average molecular weight is 383 g/mol. The summed E-state index contributed by atoms with van der Waals surface area (Å²) in [4.78, 5) is 20.5.